The molecule has 27 heavy (non-hydrogen) atoms. The van der Waals surface area contributed by atoms with Crippen LogP contribution in [0.4, 0.5) is 11.6 Å². The fourth-order valence-electron chi connectivity index (χ4n) is 3.88. The van der Waals surface area contributed by atoms with Crippen LogP contribution in [0.3, 0.4) is 0 Å². The van der Waals surface area contributed by atoms with Gasteiger partial charge in [0.25, 0.3) is 0 Å². The molecular formula is C24H32N3+. The molecule has 0 radical (unpaired) electrons. The molecule has 3 nitrogen and oxygen atoms in total. The van der Waals surface area contributed by atoms with E-state index in [1.807, 2.05) is 0 Å². The van der Waals surface area contributed by atoms with Gasteiger partial charge in [-0.05, 0) is 56.4 Å². The van der Waals surface area contributed by atoms with Gasteiger partial charge in [-0.3, -0.25) is 0 Å². The molecule has 0 unspecified atom stereocenters. The number of aromatic nitrogens is 2. The summed E-state index contributed by atoms with van der Waals surface area (Å²) in [6, 6.07) is 15.6. The van der Waals surface area contributed by atoms with E-state index < -0.39 is 0 Å². The van der Waals surface area contributed by atoms with E-state index in [9.17, 15) is 0 Å². The third-order valence-corrected chi connectivity index (χ3v) is 5.28. The lowest BCUT2D eigenvalue weighted by Gasteiger charge is -2.22. The maximum Gasteiger partial charge on any atom is 0.369 e. The highest BCUT2D eigenvalue weighted by atomic mass is 15.3. The van der Waals surface area contributed by atoms with Gasteiger partial charge in [0.2, 0.25) is 0 Å². The van der Waals surface area contributed by atoms with Crippen LogP contribution in [0.2, 0.25) is 0 Å². The van der Waals surface area contributed by atoms with Crippen molar-refractivity contribution in [2.45, 2.75) is 53.5 Å². The molecule has 3 aromatic rings. The van der Waals surface area contributed by atoms with Gasteiger partial charge >= 0.3 is 5.95 Å². The highest BCUT2D eigenvalue weighted by Crippen LogP contribution is 2.32. The molecule has 0 N–H and O–H groups in total. The number of hydrogen-bond donors (Lipinski definition) is 0. The Hall–Kier alpha value is -2.55. The molecule has 0 aliphatic carbocycles. The Labute approximate surface area is 163 Å². The minimum Gasteiger partial charge on any atom is -0.233 e. The van der Waals surface area contributed by atoms with Crippen molar-refractivity contribution >= 4 is 11.6 Å². The van der Waals surface area contributed by atoms with Crippen LogP contribution >= 0.6 is 0 Å². The second-order valence-electron chi connectivity index (χ2n) is 7.98. The zero-order valence-corrected chi connectivity index (χ0v) is 17.7. The smallest absolute Gasteiger partial charge is 0.233 e. The monoisotopic (exact) mass is 362 g/mol. The van der Waals surface area contributed by atoms with E-state index in [4.69, 9.17) is 0 Å². The van der Waals surface area contributed by atoms with E-state index in [1.165, 1.54) is 34.0 Å². The van der Waals surface area contributed by atoms with Gasteiger partial charge < -0.3 is 0 Å². The zero-order valence-electron chi connectivity index (χ0n) is 17.7. The van der Waals surface area contributed by atoms with Crippen LogP contribution in [0.15, 0.2) is 54.9 Å². The Bertz CT molecular complexity index is 914. The lowest BCUT2D eigenvalue weighted by atomic mass is 10.0. The summed E-state index contributed by atoms with van der Waals surface area (Å²) >= 11 is 0. The Kier molecular flexibility index (Phi) is 5.41. The number of anilines is 2. The summed E-state index contributed by atoms with van der Waals surface area (Å²) in [5.74, 6) is 1.65. The Balaban J connectivity index is 2.25. The molecule has 0 aliphatic heterocycles. The average molecular weight is 363 g/mol. The first-order valence-electron chi connectivity index (χ1n) is 9.84. The SMILES string of the molecule is Cc1cccc(C)c1-n1cc[n+](C(C)C)c1N(C)c1ccccc1C(C)C. The second kappa shape index (κ2) is 7.59. The number of para-hydroxylation sites is 2. The first kappa shape index (κ1) is 19.2. The summed E-state index contributed by atoms with van der Waals surface area (Å²) < 4.78 is 4.69. The van der Waals surface area contributed by atoms with Gasteiger partial charge in [0, 0.05) is 0 Å². The summed E-state index contributed by atoms with van der Waals surface area (Å²) in [6.45, 7) is 13.4. The predicted molar refractivity (Wildman–Crippen MR) is 114 cm³/mol. The second-order valence-corrected chi connectivity index (χ2v) is 7.98. The van der Waals surface area contributed by atoms with Crippen LogP contribution < -0.4 is 9.47 Å². The molecule has 0 bridgehead atoms. The molecular weight excluding hydrogens is 330 g/mol. The minimum absolute atomic E-state index is 0.374. The molecule has 0 fully saturated rings. The highest BCUT2D eigenvalue weighted by Gasteiger charge is 2.28. The van der Waals surface area contributed by atoms with Gasteiger partial charge in [0.1, 0.15) is 17.6 Å². The van der Waals surface area contributed by atoms with Crippen LogP contribution in [0, 0.1) is 13.8 Å². The number of nitrogens with zero attached hydrogens (tertiary/aromatic N) is 3. The molecule has 3 rings (SSSR count). The normalized spacial score (nSPS) is 11.4. The van der Waals surface area contributed by atoms with Crippen molar-refractivity contribution in [1.82, 2.24) is 4.57 Å². The molecule has 0 saturated heterocycles. The van der Waals surface area contributed by atoms with Gasteiger partial charge in [-0.15, -0.1) is 0 Å². The lowest BCUT2D eigenvalue weighted by Crippen LogP contribution is -2.40. The Morgan fingerprint density at radius 1 is 0.889 bits per heavy atom. The van der Waals surface area contributed by atoms with Crippen LogP contribution in [-0.4, -0.2) is 11.6 Å². The largest absolute Gasteiger partial charge is 0.369 e. The maximum absolute atomic E-state index is 2.35. The van der Waals surface area contributed by atoms with Crippen LogP contribution in [-0.2, 0) is 0 Å². The van der Waals surface area contributed by atoms with Crippen LogP contribution in [0.1, 0.15) is 56.3 Å². The molecule has 142 valence electrons. The predicted octanol–water partition coefficient (Wildman–Crippen LogP) is 5.85. The molecule has 2 aromatic carbocycles. The summed E-state index contributed by atoms with van der Waals surface area (Å²) in [5, 5.41) is 0. The highest BCUT2D eigenvalue weighted by molar-refractivity contribution is 5.63. The molecule has 0 amide bonds. The topological polar surface area (TPSA) is 12.0 Å². The molecule has 0 aliphatic rings. The van der Waals surface area contributed by atoms with Crippen LogP contribution in [0.25, 0.3) is 5.69 Å². The van der Waals surface area contributed by atoms with Crippen molar-refractivity contribution in [3.63, 3.8) is 0 Å². The summed E-state index contributed by atoms with van der Waals surface area (Å²) in [7, 11) is 2.18. The third kappa shape index (κ3) is 3.51. The summed E-state index contributed by atoms with van der Waals surface area (Å²) in [6.07, 6.45) is 4.39. The molecule has 0 atom stereocenters. The van der Waals surface area contributed by atoms with Gasteiger partial charge in [-0.2, -0.15) is 0 Å². The maximum atomic E-state index is 2.35. The van der Waals surface area contributed by atoms with E-state index in [-0.39, 0.29) is 0 Å². The minimum atomic E-state index is 0.374. The number of hydrogen-bond acceptors (Lipinski definition) is 1. The van der Waals surface area contributed by atoms with Gasteiger partial charge in [0.15, 0.2) is 0 Å². The lowest BCUT2D eigenvalue weighted by molar-refractivity contribution is -0.702. The van der Waals surface area contributed by atoms with E-state index in [2.05, 4.69) is 117 Å². The van der Waals surface area contributed by atoms with E-state index in [0.717, 1.165) is 0 Å². The Morgan fingerprint density at radius 2 is 1.52 bits per heavy atom. The molecule has 0 spiro atoms. The quantitative estimate of drug-likeness (QED) is 0.518. The fraction of sp³-hybridized carbons (Fsp3) is 0.375. The number of rotatable bonds is 5. The molecule has 1 heterocycles. The van der Waals surface area contributed by atoms with Gasteiger partial charge in [-0.1, -0.05) is 50.2 Å². The number of imidazole rings is 1. The number of benzene rings is 2. The first-order valence-corrected chi connectivity index (χ1v) is 9.84. The van der Waals surface area contributed by atoms with E-state index in [1.54, 1.807) is 0 Å². The number of aryl methyl sites for hydroxylation is 2. The van der Waals surface area contributed by atoms with Crippen molar-refractivity contribution < 1.29 is 4.57 Å². The Morgan fingerprint density at radius 3 is 2.11 bits per heavy atom. The summed E-state index contributed by atoms with van der Waals surface area (Å²) in [4.78, 5) is 2.33. The standard InChI is InChI=1S/C24H32N3/c1-17(2)21-13-8-9-14-22(21)25(7)24-26(18(3)4)15-16-27(24)23-19(5)11-10-12-20(23)6/h8-18H,1-7H3/q+1. The van der Waals surface area contributed by atoms with Gasteiger partial charge in [-0.25, -0.2) is 14.0 Å². The first-order chi connectivity index (χ1) is 12.8. The average Bonchev–Trinajstić information content (AvgIpc) is 3.06. The summed E-state index contributed by atoms with van der Waals surface area (Å²) in [5.41, 5.74) is 6.46. The molecule has 1 aromatic heterocycles. The zero-order chi connectivity index (χ0) is 19.7. The van der Waals surface area contributed by atoms with Crippen molar-refractivity contribution in [3.05, 3.63) is 71.5 Å². The van der Waals surface area contributed by atoms with E-state index in [0.29, 0.717) is 12.0 Å². The van der Waals surface area contributed by atoms with Crippen molar-refractivity contribution in [2.75, 3.05) is 11.9 Å². The molecule has 0 saturated carbocycles. The van der Waals surface area contributed by atoms with Crippen LogP contribution in [0.5, 0.6) is 0 Å². The van der Waals surface area contributed by atoms with E-state index >= 15 is 0 Å². The fourth-order valence-corrected chi connectivity index (χ4v) is 3.88. The van der Waals surface area contributed by atoms with Crippen molar-refractivity contribution in [1.29, 1.82) is 0 Å². The van der Waals surface area contributed by atoms with Gasteiger partial charge in [0.05, 0.1) is 19.3 Å². The van der Waals surface area contributed by atoms with Crippen molar-refractivity contribution in [2.24, 2.45) is 0 Å². The molecule has 3 heteroatoms. The van der Waals surface area contributed by atoms with Crippen molar-refractivity contribution in [3.8, 4) is 5.69 Å². The third-order valence-electron chi connectivity index (χ3n) is 5.28.